The molecule has 1 heterocycles. The molecule has 1 amide bonds. The lowest BCUT2D eigenvalue weighted by atomic mass is 10.1. The molecule has 1 aromatic carbocycles. The van der Waals surface area contributed by atoms with Gasteiger partial charge in [0.2, 0.25) is 0 Å². The number of benzene rings is 1. The maximum Gasteiger partial charge on any atom is 0.254 e. The summed E-state index contributed by atoms with van der Waals surface area (Å²) in [5.74, 6) is -0.0999. The fraction of sp³-hybridized carbons (Fsp3) is 0.231. The van der Waals surface area contributed by atoms with E-state index in [1.54, 1.807) is 24.1 Å². The number of nitrogens with zero attached hydrogens (tertiary/aromatic N) is 2. The summed E-state index contributed by atoms with van der Waals surface area (Å²) in [6.45, 7) is 0.593. The molecule has 2 aromatic rings. The summed E-state index contributed by atoms with van der Waals surface area (Å²) in [5, 5.41) is 7.53. The molecule has 0 aliphatic rings. The summed E-state index contributed by atoms with van der Waals surface area (Å²) in [6, 6.07) is 7.61. The van der Waals surface area contributed by atoms with E-state index in [2.05, 4.69) is 10.4 Å². The molecule has 0 spiro atoms. The van der Waals surface area contributed by atoms with Gasteiger partial charge in [-0.2, -0.15) is 5.10 Å². The third-order valence-electron chi connectivity index (χ3n) is 2.58. The first-order valence-corrected chi connectivity index (χ1v) is 6.04. The monoisotopic (exact) mass is 263 g/mol. The quantitative estimate of drug-likeness (QED) is 0.918. The molecule has 0 aliphatic heterocycles. The van der Waals surface area contributed by atoms with Crippen LogP contribution in [0.25, 0.3) is 0 Å². The molecule has 1 N–H and O–H groups in total. The molecule has 2 rings (SSSR count). The summed E-state index contributed by atoms with van der Waals surface area (Å²) in [5.41, 5.74) is 1.72. The van der Waals surface area contributed by atoms with Crippen LogP contribution in [0.1, 0.15) is 15.9 Å². The van der Waals surface area contributed by atoms with Crippen molar-refractivity contribution >= 4 is 17.5 Å². The molecule has 0 bridgehead atoms. The van der Waals surface area contributed by atoms with Crippen molar-refractivity contribution < 1.29 is 4.79 Å². The molecule has 94 valence electrons. The molecular weight excluding hydrogens is 250 g/mol. The van der Waals surface area contributed by atoms with Gasteiger partial charge in [0.25, 0.3) is 5.91 Å². The Hall–Kier alpha value is -1.81. The minimum absolute atomic E-state index is 0.0999. The Labute approximate surface area is 111 Å². The summed E-state index contributed by atoms with van der Waals surface area (Å²) in [7, 11) is 1.78. The Kier molecular flexibility index (Phi) is 3.99. The minimum atomic E-state index is -0.0999. The van der Waals surface area contributed by atoms with Crippen LogP contribution < -0.4 is 5.32 Å². The van der Waals surface area contributed by atoms with E-state index in [9.17, 15) is 4.79 Å². The molecule has 0 aliphatic carbocycles. The first kappa shape index (κ1) is 12.6. The highest BCUT2D eigenvalue weighted by molar-refractivity contribution is 6.30. The minimum Gasteiger partial charge on any atom is -0.352 e. The first-order chi connectivity index (χ1) is 8.65. The molecule has 0 saturated carbocycles. The normalized spacial score (nSPS) is 10.3. The molecule has 18 heavy (non-hydrogen) atoms. The van der Waals surface area contributed by atoms with Gasteiger partial charge in [0.05, 0.1) is 11.8 Å². The van der Waals surface area contributed by atoms with Crippen LogP contribution in [-0.4, -0.2) is 22.2 Å². The van der Waals surface area contributed by atoms with E-state index in [0.717, 1.165) is 17.0 Å². The number of rotatable bonds is 4. The van der Waals surface area contributed by atoms with E-state index >= 15 is 0 Å². The van der Waals surface area contributed by atoms with Crippen LogP contribution in [-0.2, 0) is 13.5 Å². The molecule has 5 heteroatoms. The standard InChI is InChI=1S/C13H14ClN3O/c1-17-9-11(8-16-17)13(18)15-7-6-10-2-4-12(14)5-3-10/h2-5,8-9H,6-7H2,1H3,(H,15,18). The highest BCUT2D eigenvalue weighted by atomic mass is 35.5. The van der Waals surface area contributed by atoms with Gasteiger partial charge in [-0.1, -0.05) is 23.7 Å². The second kappa shape index (κ2) is 5.69. The fourth-order valence-corrected chi connectivity index (χ4v) is 1.74. The predicted molar refractivity (Wildman–Crippen MR) is 70.7 cm³/mol. The van der Waals surface area contributed by atoms with Crippen molar-refractivity contribution in [3.8, 4) is 0 Å². The molecule has 0 fully saturated rings. The van der Waals surface area contributed by atoms with E-state index in [-0.39, 0.29) is 5.91 Å². The number of nitrogens with one attached hydrogen (secondary N) is 1. The van der Waals surface area contributed by atoms with Gasteiger partial charge >= 0.3 is 0 Å². The molecule has 0 unspecified atom stereocenters. The predicted octanol–water partition coefficient (Wildman–Crippen LogP) is 2.05. The molecule has 1 aromatic heterocycles. The van der Waals surface area contributed by atoms with E-state index in [1.807, 2.05) is 24.3 Å². The van der Waals surface area contributed by atoms with Gasteiger partial charge < -0.3 is 5.32 Å². The maximum atomic E-state index is 11.7. The third-order valence-corrected chi connectivity index (χ3v) is 2.83. The zero-order valence-electron chi connectivity index (χ0n) is 10.1. The lowest BCUT2D eigenvalue weighted by molar-refractivity contribution is 0.0954. The van der Waals surface area contributed by atoms with Crippen LogP contribution >= 0.6 is 11.6 Å². The largest absolute Gasteiger partial charge is 0.352 e. The highest BCUT2D eigenvalue weighted by Crippen LogP contribution is 2.09. The second-order valence-electron chi connectivity index (χ2n) is 4.04. The lowest BCUT2D eigenvalue weighted by Crippen LogP contribution is -2.25. The van der Waals surface area contributed by atoms with Crippen molar-refractivity contribution in [1.82, 2.24) is 15.1 Å². The van der Waals surface area contributed by atoms with E-state index in [0.29, 0.717) is 12.1 Å². The van der Waals surface area contributed by atoms with Gasteiger partial charge in [-0.15, -0.1) is 0 Å². The number of halogens is 1. The Morgan fingerprint density at radius 2 is 2.11 bits per heavy atom. The summed E-state index contributed by atoms with van der Waals surface area (Å²) in [4.78, 5) is 11.7. The maximum absolute atomic E-state index is 11.7. The topological polar surface area (TPSA) is 46.9 Å². The lowest BCUT2D eigenvalue weighted by Gasteiger charge is -2.03. The zero-order chi connectivity index (χ0) is 13.0. The third kappa shape index (κ3) is 3.34. The average molecular weight is 264 g/mol. The number of carbonyl (C=O) groups excluding carboxylic acids is 1. The van der Waals surface area contributed by atoms with E-state index in [4.69, 9.17) is 11.6 Å². The molecule has 0 saturated heterocycles. The first-order valence-electron chi connectivity index (χ1n) is 5.66. The number of aromatic nitrogens is 2. The Morgan fingerprint density at radius 3 is 2.72 bits per heavy atom. The Bertz CT molecular complexity index is 533. The van der Waals surface area contributed by atoms with Crippen molar-refractivity contribution in [3.05, 3.63) is 52.8 Å². The van der Waals surface area contributed by atoms with Crippen molar-refractivity contribution in [2.75, 3.05) is 6.54 Å². The van der Waals surface area contributed by atoms with Crippen molar-refractivity contribution in [3.63, 3.8) is 0 Å². The van der Waals surface area contributed by atoms with Gasteiger partial charge in [0.15, 0.2) is 0 Å². The Morgan fingerprint density at radius 1 is 1.39 bits per heavy atom. The number of hydrogen-bond acceptors (Lipinski definition) is 2. The molecule has 0 radical (unpaired) electrons. The summed E-state index contributed by atoms with van der Waals surface area (Å²) in [6.07, 6.45) is 4.03. The SMILES string of the molecule is Cn1cc(C(=O)NCCc2ccc(Cl)cc2)cn1. The Balaban J connectivity index is 1.82. The molecular formula is C13H14ClN3O. The van der Waals surface area contributed by atoms with Gasteiger partial charge in [0.1, 0.15) is 0 Å². The van der Waals surface area contributed by atoms with E-state index < -0.39 is 0 Å². The number of carbonyl (C=O) groups is 1. The summed E-state index contributed by atoms with van der Waals surface area (Å²) >= 11 is 5.80. The van der Waals surface area contributed by atoms with Crippen LogP contribution in [0.2, 0.25) is 5.02 Å². The van der Waals surface area contributed by atoms with Crippen LogP contribution in [0.5, 0.6) is 0 Å². The summed E-state index contributed by atoms with van der Waals surface area (Å²) < 4.78 is 1.61. The smallest absolute Gasteiger partial charge is 0.254 e. The van der Waals surface area contributed by atoms with Gasteiger partial charge in [0, 0.05) is 24.8 Å². The van der Waals surface area contributed by atoms with Crippen LogP contribution in [0, 0.1) is 0 Å². The van der Waals surface area contributed by atoms with Crippen LogP contribution in [0.4, 0.5) is 0 Å². The number of aryl methyl sites for hydroxylation is 1. The van der Waals surface area contributed by atoms with Gasteiger partial charge in [-0.3, -0.25) is 9.48 Å². The fourth-order valence-electron chi connectivity index (χ4n) is 1.61. The molecule has 4 nitrogen and oxygen atoms in total. The van der Waals surface area contributed by atoms with Crippen molar-refractivity contribution in [1.29, 1.82) is 0 Å². The zero-order valence-corrected chi connectivity index (χ0v) is 10.8. The van der Waals surface area contributed by atoms with E-state index in [1.165, 1.54) is 0 Å². The van der Waals surface area contributed by atoms with Crippen molar-refractivity contribution in [2.45, 2.75) is 6.42 Å². The number of hydrogen-bond donors (Lipinski definition) is 1. The van der Waals surface area contributed by atoms with Gasteiger partial charge in [-0.05, 0) is 24.1 Å². The van der Waals surface area contributed by atoms with Crippen molar-refractivity contribution in [2.24, 2.45) is 7.05 Å². The highest BCUT2D eigenvalue weighted by Gasteiger charge is 2.06. The average Bonchev–Trinajstić information content (AvgIpc) is 2.78. The van der Waals surface area contributed by atoms with Crippen LogP contribution in [0.3, 0.4) is 0 Å². The van der Waals surface area contributed by atoms with Gasteiger partial charge in [-0.25, -0.2) is 0 Å². The second-order valence-corrected chi connectivity index (χ2v) is 4.47. The van der Waals surface area contributed by atoms with Crippen LogP contribution in [0.15, 0.2) is 36.7 Å². The molecule has 0 atom stereocenters. The number of amides is 1.